The summed E-state index contributed by atoms with van der Waals surface area (Å²) in [5.74, 6) is 3.12. The molecule has 1 atom stereocenters. The van der Waals surface area contributed by atoms with Crippen LogP contribution in [0.25, 0.3) is 10.2 Å². The van der Waals surface area contributed by atoms with Gasteiger partial charge in [-0.05, 0) is 49.8 Å². The van der Waals surface area contributed by atoms with Crippen molar-refractivity contribution in [2.24, 2.45) is 5.92 Å². The smallest absolute Gasteiger partial charge is 0.231 e. The van der Waals surface area contributed by atoms with Crippen LogP contribution in [-0.4, -0.2) is 41.2 Å². The number of aryl methyl sites for hydroxylation is 2. The quantitative estimate of drug-likeness (QED) is 0.622. The lowest BCUT2D eigenvalue weighted by atomic mass is 9.89. The third-order valence-electron chi connectivity index (χ3n) is 5.87. The molecule has 2 aromatic heterocycles. The van der Waals surface area contributed by atoms with Crippen LogP contribution in [0.5, 0.6) is 11.6 Å². The number of rotatable bonds is 4. The van der Waals surface area contributed by atoms with E-state index in [0.29, 0.717) is 5.88 Å². The van der Waals surface area contributed by atoms with E-state index < -0.39 is 0 Å². The number of hydrogen-bond acceptors (Lipinski definition) is 6. The number of benzene rings is 1. The highest BCUT2D eigenvalue weighted by atomic mass is 32.1. The van der Waals surface area contributed by atoms with Gasteiger partial charge >= 0.3 is 0 Å². The van der Waals surface area contributed by atoms with Gasteiger partial charge in [0.1, 0.15) is 16.4 Å². The van der Waals surface area contributed by atoms with Gasteiger partial charge in [0.15, 0.2) is 0 Å². The molecule has 29 heavy (non-hydrogen) atoms. The Balaban J connectivity index is 1.55. The highest BCUT2D eigenvalue weighted by Gasteiger charge is 2.25. The van der Waals surface area contributed by atoms with Crippen molar-refractivity contribution in [3.63, 3.8) is 0 Å². The van der Waals surface area contributed by atoms with Crippen LogP contribution in [0.3, 0.4) is 0 Å². The first-order chi connectivity index (χ1) is 14.2. The van der Waals surface area contributed by atoms with Crippen LogP contribution in [0.4, 0.5) is 0 Å². The van der Waals surface area contributed by atoms with Crippen LogP contribution in [0.1, 0.15) is 35.2 Å². The molecule has 1 saturated heterocycles. The summed E-state index contributed by atoms with van der Waals surface area (Å²) in [6.45, 7) is 8.57. The molecule has 0 spiro atoms. The zero-order valence-corrected chi connectivity index (χ0v) is 17.9. The lowest BCUT2D eigenvalue weighted by molar-refractivity contribution is 0.0330. The molecule has 1 fully saturated rings. The van der Waals surface area contributed by atoms with E-state index in [9.17, 15) is 0 Å². The summed E-state index contributed by atoms with van der Waals surface area (Å²) in [6, 6.07) is 8.19. The third-order valence-corrected chi connectivity index (χ3v) is 7.02. The molecular weight excluding hydrogens is 382 g/mol. The van der Waals surface area contributed by atoms with Gasteiger partial charge in [0.05, 0.1) is 25.1 Å². The van der Waals surface area contributed by atoms with E-state index in [-0.39, 0.29) is 0 Å². The van der Waals surface area contributed by atoms with Crippen molar-refractivity contribution in [1.29, 1.82) is 0 Å². The molecule has 6 heteroatoms. The molecular formula is C23H27N3O2S. The molecule has 3 heterocycles. The molecule has 0 bridgehead atoms. The molecule has 0 amide bonds. The molecule has 0 radical (unpaired) electrons. The SMILES string of the molecule is Cc1ccc(Oc2nc(CN3CCOCC3)nc3sc4c(c23)CC[C@@H](C)C4)cc1. The largest absolute Gasteiger partial charge is 0.438 e. The zero-order valence-electron chi connectivity index (χ0n) is 17.1. The summed E-state index contributed by atoms with van der Waals surface area (Å²) in [6.07, 6.45) is 3.45. The third kappa shape index (κ3) is 4.02. The highest BCUT2D eigenvalue weighted by Crippen LogP contribution is 2.42. The number of thiophene rings is 1. The minimum absolute atomic E-state index is 0.717. The molecule has 1 aliphatic carbocycles. The maximum absolute atomic E-state index is 6.34. The summed E-state index contributed by atoms with van der Waals surface area (Å²) in [7, 11) is 0. The topological polar surface area (TPSA) is 47.5 Å². The molecule has 5 nitrogen and oxygen atoms in total. The van der Waals surface area contributed by atoms with E-state index in [0.717, 1.165) is 73.4 Å². The van der Waals surface area contributed by atoms with Crippen molar-refractivity contribution in [2.75, 3.05) is 26.3 Å². The van der Waals surface area contributed by atoms with Gasteiger partial charge < -0.3 is 9.47 Å². The van der Waals surface area contributed by atoms with Gasteiger partial charge in [-0.25, -0.2) is 4.98 Å². The van der Waals surface area contributed by atoms with Gasteiger partial charge in [-0.3, -0.25) is 4.90 Å². The minimum atomic E-state index is 0.717. The van der Waals surface area contributed by atoms with Gasteiger partial charge in [-0.15, -0.1) is 11.3 Å². The van der Waals surface area contributed by atoms with Crippen LogP contribution in [0.15, 0.2) is 24.3 Å². The lowest BCUT2D eigenvalue weighted by Gasteiger charge is -2.25. The predicted octanol–water partition coefficient (Wildman–Crippen LogP) is 4.75. The second-order valence-electron chi connectivity index (χ2n) is 8.28. The van der Waals surface area contributed by atoms with Crippen LogP contribution in [-0.2, 0) is 24.1 Å². The van der Waals surface area contributed by atoms with Gasteiger partial charge in [0.25, 0.3) is 0 Å². The molecule has 0 unspecified atom stereocenters. The number of hydrogen-bond donors (Lipinski definition) is 0. The molecule has 3 aromatic rings. The van der Waals surface area contributed by atoms with Crippen LogP contribution in [0, 0.1) is 12.8 Å². The molecule has 0 saturated carbocycles. The Kier molecular flexibility index (Phi) is 5.24. The van der Waals surface area contributed by atoms with E-state index in [1.807, 2.05) is 23.5 Å². The number of fused-ring (bicyclic) bond motifs is 3. The Morgan fingerprint density at radius 3 is 2.76 bits per heavy atom. The number of nitrogens with zero attached hydrogens (tertiary/aromatic N) is 3. The van der Waals surface area contributed by atoms with Crippen molar-refractivity contribution >= 4 is 21.6 Å². The number of aromatic nitrogens is 2. The van der Waals surface area contributed by atoms with Crippen LogP contribution < -0.4 is 4.74 Å². The van der Waals surface area contributed by atoms with Gasteiger partial charge in [0, 0.05) is 18.0 Å². The highest BCUT2D eigenvalue weighted by molar-refractivity contribution is 7.18. The number of ether oxygens (including phenoxy) is 2. The average molecular weight is 410 g/mol. The van der Waals surface area contributed by atoms with Gasteiger partial charge in [-0.2, -0.15) is 4.98 Å². The standard InChI is InChI=1S/C23H27N3O2S/c1-15-3-6-17(7-4-15)28-22-21-18-8-5-16(2)13-19(18)29-23(21)25-20(24-22)14-26-9-11-27-12-10-26/h3-4,6-7,16H,5,8-14H2,1-2H3/t16-/m1/s1. The Labute approximate surface area is 175 Å². The monoisotopic (exact) mass is 409 g/mol. The first kappa shape index (κ1) is 19.0. The molecule has 1 aromatic carbocycles. The summed E-state index contributed by atoms with van der Waals surface area (Å²) in [4.78, 5) is 14.8. The average Bonchev–Trinajstić information content (AvgIpc) is 3.08. The molecule has 1 aliphatic heterocycles. The molecule has 2 aliphatic rings. The zero-order chi connectivity index (χ0) is 19.8. The van der Waals surface area contributed by atoms with Gasteiger partial charge in [0.2, 0.25) is 5.88 Å². The second kappa shape index (κ2) is 8.01. The van der Waals surface area contributed by atoms with E-state index in [4.69, 9.17) is 19.4 Å². The Morgan fingerprint density at radius 2 is 1.97 bits per heavy atom. The fraction of sp³-hybridized carbons (Fsp3) is 0.478. The first-order valence-electron chi connectivity index (χ1n) is 10.5. The van der Waals surface area contributed by atoms with Crippen LogP contribution >= 0.6 is 11.3 Å². The van der Waals surface area contributed by atoms with E-state index in [2.05, 4.69) is 30.9 Å². The fourth-order valence-electron chi connectivity index (χ4n) is 4.17. The normalized spacial score (nSPS) is 20.0. The summed E-state index contributed by atoms with van der Waals surface area (Å²) >= 11 is 1.83. The van der Waals surface area contributed by atoms with E-state index in [1.54, 1.807) is 0 Å². The van der Waals surface area contributed by atoms with Gasteiger partial charge in [-0.1, -0.05) is 24.6 Å². The van der Waals surface area contributed by atoms with Crippen molar-refractivity contribution in [3.05, 3.63) is 46.1 Å². The van der Waals surface area contributed by atoms with Crippen molar-refractivity contribution < 1.29 is 9.47 Å². The van der Waals surface area contributed by atoms with E-state index in [1.165, 1.54) is 22.4 Å². The van der Waals surface area contributed by atoms with Crippen molar-refractivity contribution in [1.82, 2.24) is 14.9 Å². The lowest BCUT2D eigenvalue weighted by Crippen LogP contribution is -2.36. The summed E-state index contributed by atoms with van der Waals surface area (Å²) < 4.78 is 11.8. The maximum Gasteiger partial charge on any atom is 0.231 e. The second-order valence-corrected chi connectivity index (χ2v) is 9.36. The summed E-state index contributed by atoms with van der Waals surface area (Å²) in [5, 5.41) is 1.13. The Hall–Kier alpha value is -2.02. The number of morpholine rings is 1. The molecule has 5 rings (SSSR count). The molecule has 0 N–H and O–H groups in total. The maximum atomic E-state index is 6.34. The fourth-order valence-corrected chi connectivity index (χ4v) is 5.56. The van der Waals surface area contributed by atoms with Crippen molar-refractivity contribution in [3.8, 4) is 11.6 Å². The van der Waals surface area contributed by atoms with E-state index >= 15 is 0 Å². The van der Waals surface area contributed by atoms with Crippen LogP contribution in [0.2, 0.25) is 0 Å². The first-order valence-corrected chi connectivity index (χ1v) is 11.3. The molecule has 152 valence electrons. The van der Waals surface area contributed by atoms with Crippen molar-refractivity contribution in [2.45, 2.75) is 39.7 Å². The Morgan fingerprint density at radius 1 is 1.17 bits per heavy atom. The minimum Gasteiger partial charge on any atom is -0.438 e. The summed E-state index contributed by atoms with van der Waals surface area (Å²) in [5.41, 5.74) is 2.63. The predicted molar refractivity (Wildman–Crippen MR) is 116 cm³/mol. The Bertz CT molecular complexity index is 1010.